The predicted molar refractivity (Wildman–Crippen MR) is 81.8 cm³/mol. The number of thiophene rings is 1. The Kier molecular flexibility index (Phi) is 4.46. The zero-order valence-electron chi connectivity index (χ0n) is 12.0. The zero-order chi connectivity index (χ0) is 15.7. The van der Waals surface area contributed by atoms with Crippen molar-refractivity contribution in [1.29, 1.82) is 0 Å². The Bertz CT molecular complexity index is 598. The van der Waals surface area contributed by atoms with Crippen LogP contribution in [0.15, 0.2) is 41.1 Å². The molecule has 0 radical (unpaired) electrons. The molecule has 0 spiro atoms. The zero-order valence-corrected chi connectivity index (χ0v) is 12.8. The summed E-state index contributed by atoms with van der Waals surface area (Å²) in [7, 11) is 0. The molecule has 6 heteroatoms. The second-order valence-electron chi connectivity index (χ2n) is 5.38. The second kappa shape index (κ2) is 6.36. The first-order valence-electron chi connectivity index (χ1n) is 7.01. The topological polar surface area (TPSA) is 79.2 Å². The van der Waals surface area contributed by atoms with Gasteiger partial charge in [0, 0.05) is 0 Å². The molecule has 1 aromatic heterocycles. The Labute approximate surface area is 132 Å². The highest BCUT2D eigenvalue weighted by atomic mass is 32.1. The Morgan fingerprint density at radius 3 is 2.41 bits per heavy atom. The SMILES string of the molecule is Cc1ccc(OC2C(O)OC(c3ccsc3)C(O)C2O)cc1. The van der Waals surface area contributed by atoms with Crippen LogP contribution >= 0.6 is 11.3 Å². The summed E-state index contributed by atoms with van der Waals surface area (Å²) in [5.41, 5.74) is 1.80. The quantitative estimate of drug-likeness (QED) is 0.800. The molecule has 3 N–H and O–H groups in total. The number of rotatable bonds is 3. The van der Waals surface area contributed by atoms with Crippen LogP contribution in [0.25, 0.3) is 0 Å². The van der Waals surface area contributed by atoms with Gasteiger partial charge in [0.25, 0.3) is 0 Å². The van der Waals surface area contributed by atoms with Gasteiger partial charge >= 0.3 is 0 Å². The van der Waals surface area contributed by atoms with Gasteiger partial charge in [0.15, 0.2) is 12.4 Å². The third-order valence-electron chi connectivity index (χ3n) is 3.73. The van der Waals surface area contributed by atoms with E-state index in [0.29, 0.717) is 5.75 Å². The Morgan fingerprint density at radius 2 is 1.77 bits per heavy atom. The summed E-state index contributed by atoms with van der Waals surface area (Å²) in [6, 6.07) is 9.00. The first-order chi connectivity index (χ1) is 10.6. The number of aryl methyl sites for hydroxylation is 1. The first kappa shape index (κ1) is 15.5. The molecule has 118 valence electrons. The number of benzene rings is 1. The van der Waals surface area contributed by atoms with Gasteiger partial charge in [0.2, 0.25) is 0 Å². The molecule has 0 aliphatic carbocycles. The maximum atomic E-state index is 10.3. The molecule has 0 saturated carbocycles. The molecular weight excluding hydrogens is 304 g/mol. The normalized spacial score (nSPS) is 31.9. The summed E-state index contributed by atoms with van der Waals surface area (Å²) < 4.78 is 11.0. The molecule has 1 aromatic carbocycles. The molecular formula is C16H18O5S. The molecule has 0 amide bonds. The number of aliphatic hydroxyl groups is 3. The highest BCUT2D eigenvalue weighted by Gasteiger charge is 2.46. The predicted octanol–water partition coefficient (Wildman–Crippen LogP) is 1.62. The molecule has 3 rings (SSSR count). The lowest BCUT2D eigenvalue weighted by atomic mass is 9.95. The van der Waals surface area contributed by atoms with Crippen molar-refractivity contribution in [3.05, 3.63) is 52.2 Å². The van der Waals surface area contributed by atoms with E-state index < -0.39 is 30.7 Å². The van der Waals surface area contributed by atoms with Gasteiger partial charge in [-0.15, -0.1) is 0 Å². The van der Waals surface area contributed by atoms with E-state index in [9.17, 15) is 15.3 Å². The van der Waals surface area contributed by atoms with Crippen molar-refractivity contribution in [2.75, 3.05) is 0 Å². The highest BCUT2D eigenvalue weighted by Crippen LogP contribution is 2.34. The summed E-state index contributed by atoms with van der Waals surface area (Å²) in [4.78, 5) is 0. The summed E-state index contributed by atoms with van der Waals surface area (Å²) in [6.07, 6.45) is -5.57. The van der Waals surface area contributed by atoms with Crippen LogP contribution in [0.1, 0.15) is 17.2 Å². The Balaban J connectivity index is 1.75. The van der Waals surface area contributed by atoms with Crippen molar-refractivity contribution in [3.8, 4) is 5.75 Å². The number of aliphatic hydroxyl groups excluding tert-OH is 3. The molecule has 5 unspecified atom stereocenters. The molecule has 5 nitrogen and oxygen atoms in total. The van der Waals surface area contributed by atoms with Crippen molar-refractivity contribution in [2.24, 2.45) is 0 Å². The van der Waals surface area contributed by atoms with Crippen LogP contribution in [0.4, 0.5) is 0 Å². The smallest absolute Gasteiger partial charge is 0.195 e. The Hall–Kier alpha value is -1.44. The number of hydrogen-bond acceptors (Lipinski definition) is 6. The van der Waals surface area contributed by atoms with Gasteiger partial charge in [-0.3, -0.25) is 0 Å². The number of ether oxygens (including phenoxy) is 2. The molecule has 2 aromatic rings. The largest absolute Gasteiger partial charge is 0.482 e. The lowest BCUT2D eigenvalue weighted by molar-refractivity contribution is -0.278. The summed E-state index contributed by atoms with van der Waals surface area (Å²) in [6.45, 7) is 1.95. The van der Waals surface area contributed by atoms with Crippen LogP contribution in [0.3, 0.4) is 0 Å². The summed E-state index contributed by atoms with van der Waals surface area (Å²) in [5.74, 6) is 0.499. The van der Waals surface area contributed by atoms with Crippen LogP contribution in [0, 0.1) is 6.92 Å². The van der Waals surface area contributed by atoms with E-state index in [1.807, 2.05) is 29.8 Å². The fourth-order valence-electron chi connectivity index (χ4n) is 2.46. The van der Waals surface area contributed by atoms with Crippen LogP contribution < -0.4 is 4.74 Å². The highest BCUT2D eigenvalue weighted by molar-refractivity contribution is 7.07. The van der Waals surface area contributed by atoms with Crippen molar-refractivity contribution in [3.63, 3.8) is 0 Å². The van der Waals surface area contributed by atoms with E-state index in [2.05, 4.69) is 0 Å². The average Bonchev–Trinajstić information content (AvgIpc) is 3.03. The van der Waals surface area contributed by atoms with Gasteiger partial charge in [-0.05, 0) is 41.4 Å². The molecule has 0 bridgehead atoms. The minimum atomic E-state index is -1.33. The molecule has 5 atom stereocenters. The van der Waals surface area contributed by atoms with Crippen LogP contribution in [-0.2, 0) is 4.74 Å². The van der Waals surface area contributed by atoms with E-state index in [1.54, 1.807) is 18.2 Å². The molecule has 1 saturated heterocycles. The van der Waals surface area contributed by atoms with Crippen molar-refractivity contribution in [2.45, 2.75) is 37.6 Å². The minimum absolute atomic E-state index is 0.499. The van der Waals surface area contributed by atoms with Crippen molar-refractivity contribution >= 4 is 11.3 Å². The van der Waals surface area contributed by atoms with E-state index in [0.717, 1.165) is 11.1 Å². The first-order valence-corrected chi connectivity index (χ1v) is 7.95. The average molecular weight is 322 g/mol. The van der Waals surface area contributed by atoms with E-state index in [-0.39, 0.29) is 0 Å². The third-order valence-corrected chi connectivity index (χ3v) is 4.43. The minimum Gasteiger partial charge on any atom is -0.482 e. The summed E-state index contributed by atoms with van der Waals surface area (Å²) in [5, 5.41) is 34.3. The maximum absolute atomic E-state index is 10.3. The standard InChI is InChI=1S/C16H18O5S/c1-9-2-4-11(5-3-9)20-15-13(18)12(17)14(21-16(15)19)10-6-7-22-8-10/h2-8,12-19H,1H3. The van der Waals surface area contributed by atoms with Gasteiger partial charge < -0.3 is 24.8 Å². The summed E-state index contributed by atoms with van der Waals surface area (Å²) >= 11 is 1.46. The lowest BCUT2D eigenvalue weighted by Gasteiger charge is -2.40. The van der Waals surface area contributed by atoms with Gasteiger partial charge in [-0.1, -0.05) is 17.7 Å². The van der Waals surface area contributed by atoms with E-state index in [1.165, 1.54) is 11.3 Å². The van der Waals surface area contributed by atoms with E-state index >= 15 is 0 Å². The van der Waals surface area contributed by atoms with Gasteiger partial charge in [0.05, 0.1) is 0 Å². The fraction of sp³-hybridized carbons (Fsp3) is 0.375. The van der Waals surface area contributed by atoms with Gasteiger partial charge in [0.1, 0.15) is 24.1 Å². The monoisotopic (exact) mass is 322 g/mol. The van der Waals surface area contributed by atoms with Crippen LogP contribution in [-0.4, -0.2) is 39.9 Å². The molecule has 22 heavy (non-hydrogen) atoms. The van der Waals surface area contributed by atoms with E-state index in [4.69, 9.17) is 9.47 Å². The molecule has 1 fully saturated rings. The third kappa shape index (κ3) is 3.02. The lowest BCUT2D eigenvalue weighted by Crippen LogP contribution is -2.56. The fourth-order valence-corrected chi connectivity index (χ4v) is 3.15. The Morgan fingerprint density at radius 1 is 1.05 bits per heavy atom. The molecule has 1 aliphatic rings. The van der Waals surface area contributed by atoms with Crippen molar-refractivity contribution in [1.82, 2.24) is 0 Å². The second-order valence-corrected chi connectivity index (χ2v) is 6.16. The van der Waals surface area contributed by atoms with Crippen molar-refractivity contribution < 1.29 is 24.8 Å². The van der Waals surface area contributed by atoms with Gasteiger partial charge in [-0.2, -0.15) is 11.3 Å². The van der Waals surface area contributed by atoms with Crippen LogP contribution in [0.2, 0.25) is 0 Å². The maximum Gasteiger partial charge on any atom is 0.195 e. The molecule has 1 aliphatic heterocycles. The molecule has 2 heterocycles. The van der Waals surface area contributed by atoms with Gasteiger partial charge in [-0.25, -0.2) is 0 Å². The van der Waals surface area contributed by atoms with Crippen LogP contribution in [0.5, 0.6) is 5.75 Å². The number of hydrogen-bond donors (Lipinski definition) is 3.